The van der Waals surface area contributed by atoms with Gasteiger partial charge in [-0.1, -0.05) is 37.9 Å². The molecule has 0 spiro atoms. The van der Waals surface area contributed by atoms with Crippen LogP contribution in [-0.2, 0) is 27.2 Å². The fraction of sp³-hybridized carbons (Fsp3) is 0.323. The van der Waals surface area contributed by atoms with Gasteiger partial charge < -0.3 is 14.4 Å². The molecule has 3 aromatic rings. The molecule has 0 N–H and O–H groups in total. The molecule has 0 bridgehead atoms. The number of alkyl halides is 1. The number of aromatic nitrogens is 4. The lowest BCUT2D eigenvalue weighted by Crippen LogP contribution is -2.63. The number of aryl methyl sites for hydroxylation is 1. The third kappa shape index (κ3) is 5.46. The molecule has 5 heterocycles. The SMILES string of the molecule is C#C/C=C\C1=C(Cc2nc3c(cc2Cl)n(CC2(F)CN(C(=O)C=C)C2)c(=O)c(=O)n3-c2c(C)ccnc2C(C)C)OCO1. The summed E-state index contributed by atoms with van der Waals surface area (Å²) in [4.78, 5) is 50.1. The number of rotatable bonds is 8. The first kappa shape index (κ1) is 29.8. The minimum atomic E-state index is -1.95. The van der Waals surface area contributed by atoms with E-state index in [2.05, 4.69) is 17.5 Å². The molecule has 222 valence electrons. The Morgan fingerprint density at radius 3 is 2.72 bits per heavy atom. The van der Waals surface area contributed by atoms with Gasteiger partial charge in [0.15, 0.2) is 17.1 Å². The number of likely N-dealkylation sites (tertiary alicyclic amines) is 1. The maximum atomic E-state index is 15.8. The molecular weight excluding hydrogens is 577 g/mol. The largest absolute Gasteiger partial charge is 0.458 e. The van der Waals surface area contributed by atoms with Crippen molar-refractivity contribution in [1.29, 1.82) is 0 Å². The molecule has 3 aromatic heterocycles. The summed E-state index contributed by atoms with van der Waals surface area (Å²) < 4.78 is 29.2. The van der Waals surface area contributed by atoms with Crippen molar-refractivity contribution >= 4 is 28.7 Å². The molecular formula is C31H29ClFN5O5. The van der Waals surface area contributed by atoms with E-state index in [0.29, 0.717) is 34.2 Å². The normalized spacial score (nSPS) is 15.9. The minimum Gasteiger partial charge on any atom is -0.458 e. The summed E-state index contributed by atoms with van der Waals surface area (Å²) >= 11 is 6.71. The van der Waals surface area contributed by atoms with Crippen LogP contribution in [-0.4, -0.2) is 55.5 Å². The number of halogens is 2. The van der Waals surface area contributed by atoms with E-state index in [1.54, 1.807) is 25.3 Å². The van der Waals surface area contributed by atoms with Crippen LogP contribution in [0.5, 0.6) is 0 Å². The first-order valence-corrected chi connectivity index (χ1v) is 13.9. The Morgan fingerprint density at radius 2 is 2.05 bits per heavy atom. The number of ether oxygens (including phenoxy) is 2. The molecule has 0 atom stereocenters. The van der Waals surface area contributed by atoms with Crippen LogP contribution in [0.3, 0.4) is 0 Å². The van der Waals surface area contributed by atoms with Gasteiger partial charge in [-0.3, -0.25) is 28.5 Å². The summed E-state index contributed by atoms with van der Waals surface area (Å²) in [7, 11) is 0. The van der Waals surface area contributed by atoms with Crippen LogP contribution in [0.2, 0.25) is 5.02 Å². The maximum absolute atomic E-state index is 15.8. The van der Waals surface area contributed by atoms with Crippen LogP contribution >= 0.6 is 11.6 Å². The van der Waals surface area contributed by atoms with Gasteiger partial charge in [-0.05, 0) is 48.8 Å². The van der Waals surface area contributed by atoms with Crippen molar-refractivity contribution in [3.63, 3.8) is 0 Å². The number of carbonyl (C=O) groups excluding carboxylic acids is 1. The van der Waals surface area contributed by atoms with Gasteiger partial charge in [-0.25, -0.2) is 9.37 Å². The van der Waals surface area contributed by atoms with E-state index in [-0.39, 0.29) is 48.4 Å². The molecule has 12 heteroatoms. The summed E-state index contributed by atoms with van der Waals surface area (Å²) in [6, 6.07) is 3.22. The number of amides is 1. The number of pyridine rings is 2. The van der Waals surface area contributed by atoms with Gasteiger partial charge in [-0.2, -0.15) is 0 Å². The highest BCUT2D eigenvalue weighted by atomic mass is 35.5. The Bertz CT molecular complexity index is 1880. The maximum Gasteiger partial charge on any atom is 0.322 e. The second kappa shape index (κ2) is 11.5. The molecule has 1 fully saturated rings. The van der Waals surface area contributed by atoms with Gasteiger partial charge in [0, 0.05) is 6.20 Å². The molecule has 2 aliphatic heterocycles. The zero-order valence-electron chi connectivity index (χ0n) is 23.9. The number of terminal acetylenes is 1. The van der Waals surface area contributed by atoms with Crippen molar-refractivity contribution in [2.45, 2.75) is 45.3 Å². The van der Waals surface area contributed by atoms with Crippen molar-refractivity contribution in [2.24, 2.45) is 0 Å². The second-order valence-electron chi connectivity index (χ2n) is 10.7. The van der Waals surface area contributed by atoms with E-state index in [1.165, 1.54) is 21.6 Å². The number of fused-ring (bicyclic) bond motifs is 1. The van der Waals surface area contributed by atoms with Crippen molar-refractivity contribution in [3.05, 3.63) is 97.3 Å². The molecule has 1 saturated heterocycles. The average Bonchev–Trinajstić information content (AvgIpc) is 3.40. The molecule has 2 aliphatic rings. The number of allylic oxidation sites excluding steroid dienone is 3. The molecule has 5 rings (SSSR count). The Hall–Kier alpha value is -4.69. The van der Waals surface area contributed by atoms with E-state index in [9.17, 15) is 14.4 Å². The minimum absolute atomic E-state index is 0.0222. The number of hydrogen-bond donors (Lipinski definition) is 0. The fourth-order valence-electron chi connectivity index (χ4n) is 5.24. The van der Waals surface area contributed by atoms with E-state index in [0.717, 1.165) is 10.6 Å². The molecule has 43 heavy (non-hydrogen) atoms. The van der Waals surface area contributed by atoms with Crippen LogP contribution in [0.25, 0.3) is 16.9 Å². The molecule has 10 nitrogen and oxygen atoms in total. The Morgan fingerprint density at radius 1 is 1.30 bits per heavy atom. The van der Waals surface area contributed by atoms with Crippen LogP contribution in [0, 0.1) is 19.3 Å². The van der Waals surface area contributed by atoms with E-state index < -0.39 is 29.2 Å². The Balaban J connectivity index is 1.75. The second-order valence-corrected chi connectivity index (χ2v) is 11.1. The van der Waals surface area contributed by atoms with Gasteiger partial charge in [0.05, 0.1) is 53.7 Å². The third-order valence-corrected chi connectivity index (χ3v) is 7.65. The highest BCUT2D eigenvalue weighted by Crippen LogP contribution is 2.32. The Kier molecular flexibility index (Phi) is 7.99. The quantitative estimate of drug-likeness (QED) is 0.219. The van der Waals surface area contributed by atoms with Crippen molar-refractivity contribution in [1.82, 2.24) is 24.0 Å². The molecule has 0 radical (unpaired) electrons. The number of carbonyl (C=O) groups is 1. The van der Waals surface area contributed by atoms with Crippen molar-refractivity contribution in [3.8, 4) is 18.0 Å². The van der Waals surface area contributed by atoms with Crippen LogP contribution in [0.1, 0.15) is 36.7 Å². The highest BCUT2D eigenvalue weighted by Gasteiger charge is 2.46. The topological polar surface area (TPSA) is 109 Å². The fourth-order valence-corrected chi connectivity index (χ4v) is 5.45. The predicted octanol–water partition coefficient (Wildman–Crippen LogP) is 3.71. The van der Waals surface area contributed by atoms with Gasteiger partial charge in [-0.15, -0.1) is 6.42 Å². The zero-order valence-corrected chi connectivity index (χ0v) is 24.7. The van der Waals surface area contributed by atoms with Gasteiger partial charge in [0.25, 0.3) is 0 Å². The third-order valence-electron chi connectivity index (χ3n) is 7.33. The zero-order chi connectivity index (χ0) is 31.1. The summed E-state index contributed by atoms with van der Waals surface area (Å²) in [6.45, 7) is 8.05. The Labute approximate surface area is 251 Å². The van der Waals surface area contributed by atoms with E-state index in [1.807, 2.05) is 13.8 Å². The van der Waals surface area contributed by atoms with Gasteiger partial charge in [0.1, 0.15) is 5.76 Å². The van der Waals surface area contributed by atoms with Crippen molar-refractivity contribution in [2.75, 3.05) is 19.9 Å². The molecule has 0 aliphatic carbocycles. The van der Waals surface area contributed by atoms with Crippen LogP contribution < -0.4 is 11.1 Å². The smallest absolute Gasteiger partial charge is 0.322 e. The van der Waals surface area contributed by atoms with Gasteiger partial charge in [0.2, 0.25) is 12.7 Å². The predicted molar refractivity (Wildman–Crippen MR) is 160 cm³/mol. The summed E-state index contributed by atoms with van der Waals surface area (Å²) in [5.74, 6) is 2.69. The van der Waals surface area contributed by atoms with Crippen LogP contribution in [0.4, 0.5) is 4.39 Å². The van der Waals surface area contributed by atoms with Crippen molar-refractivity contribution < 1.29 is 18.7 Å². The van der Waals surface area contributed by atoms with Crippen LogP contribution in [0.15, 0.2) is 64.2 Å². The monoisotopic (exact) mass is 605 g/mol. The molecule has 1 amide bonds. The highest BCUT2D eigenvalue weighted by molar-refractivity contribution is 6.31. The number of nitrogens with zero attached hydrogens (tertiary/aromatic N) is 5. The summed E-state index contributed by atoms with van der Waals surface area (Å²) in [5, 5.41) is 0.158. The standard InChI is InChI=1S/C31H29ClFN5O5/c1-6-8-9-23-24(43-17-42-23)13-21-20(32)12-22-28(35-21)38(27-19(5)10-11-34-26(27)18(3)4)30(41)29(40)37(22)16-31(33)14-36(15-31)25(39)7-2/h1,7-12,18H,2,13-17H2,3-5H3/b9-8-. The molecule has 0 aromatic carbocycles. The lowest BCUT2D eigenvalue weighted by Gasteiger charge is -2.44. The lowest BCUT2D eigenvalue weighted by molar-refractivity contribution is -0.141. The molecule has 0 saturated carbocycles. The first-order valence-electron chi connectivity index (χ1n) is 13.5. The average molecular weight is 606 g/mol. The lowest BCUT2D eigenvalue weighted by atomic mass is 9.95. The number of hydrogen-bond acceptors (Lipinski definition) is 7. The van der Waals surface area contributed by atoms with E-state index in [4.69, 9.17) is 32.5 Å². The summed E-state index contributed by atoms with van der Waals surface area (Å²) in [6.07, 6.45) is 11.2. The molecule has 0 unspecified atom stereocenters. The van der Waals surface area contributed by atoms with E-state index >= 15 is 4.39 Å². The summed E-state index contributed by atoms with van der Waals surface area (Å²) in [5.41, 5.74) is -1.60. The first-order chi connectivity index (χ1) is 20.5. The van der Waals surface area contributed by atoms with Gasteiger partial charge >= 0.3 is 11.1 Å².